The van der Waals surface area contributed by atoms with Crippen molar-refractivity contribution in [1.29, 1.82) is 0 Å². The predicted octanol–water partition coefficient (Wildman–Crippen LogP) is 0.914. The lowest BCUT2D eigenvalue weighted by Crippen LogP contribution is -2.05. The van der Waals surface area contributed by atoms with Crippen LogP contribution in [-0.4, -0.2) is 33.1 Å². The Hall–Kier alpha value is 0.620. The summed E-state index contributed by atoms with van der Waals surface area (Å²) in [6.07, 6.45) is 6.50. The average molecular weight is 196 g/mol. The van der Waals surface area contributed by atoms with Gasteiger partial charge in [0, 0.05) is 0 Å². The first-order valence-corrected chi connectivity index (χ1v) is 7.18. The Bertz CT molecular complexity index is 76.5. The molecular formula is C7H16O2S2. The lowest BCUT2D eigenvalue weighted by molar-refractivity contribution is 0.591. The lowest BCUT2D eigenvalue weighted by atomic mass is 10.3. The van der Waals surface area contributed by atoms with Gasteiger partial charge in [-0.05, 0) is 19.3 Å². The zero-order valence-corrected chi connectivity index (χ0v) is 8.80. The molecule has 68 valence electrons. The second-order valence-electron chi connectivity index (χ2n) is 2.62. The smallest absolute Gasteiger partial charge is 0.105 e. The fraction of sp³-hybridized carbons (Fsp3) is 1.00. The minimum atomic E-state index is -0.656. The van der Waals surface area contributed by atoms with Gasteiger partial charge in [0.05, 0.1) is 12.5 Å². The minimum Gasteiger partial charge on any atom is -0.617 e. The van der Waals surface area contributed by atoms with Crippen LogP contribution in [0.1, 0.15) is 19.3 Å². The molecule has 0 radical (unpaired) electrons. The highest BCUT2D eigenvalue weighted by Crippen LogP contribution is 2.00. The van der Waals surface area contributed by atoms with E-state index in [2.05, 4.69) is 0 Å². The summed E-state index contributed by atoms with van der Waals surface area (Å²) in [6, 6.07) is 0. The first kappa shape index (κ1) is 11.6. The Labute approximate surface area is 75.1 Å². The van der Waals surface area contributed by atoms with Crippen LogP contribution in [0.25, 0.3) is 0 Å². The van der Waals surface area contributed by atoms with Gasteiger partial charge in [-0.1, -0.05) is 22.4 Å². The van der Waals surface area contributed by atoms with Crippen molar-refractivity contribution < 1.29 is 9.11 Å². The molecule has 0 bridgehead atoms. The van der Waals surface area contributed by atoms with E-state index in [1.807, 2.05) is 0 Å². The lowest BCUT2D eigenvalue weighted by Gasteiger charge is -2.05. The van der Waals surface area contributed by atoms with Crippen molar-refractivity contribution in [3.63, 3.8) is 0 Å². The van der Waals surface area contributed by atoms with Crippen molar-refractivity contribution in [3.05, 3.63) is 0 Å². The molecule has 4 heteroatoms. The van der Waals surface area contributed by atoms with Crippen molar-refractivity contribution >= 4 is 22.4 Å². The molecule has 2 unspecified atom stereocenters. The van der Waals surface area contributed by atoms with Gasteiger partial charge in [-0.3, -0.25) is 0 Å². The van der Waals surface area contributed by atoms with Crippen LogP contribution >= 0.6 is 0 Å². The second kappa shape index (κ2) is 7.28. The highest BCUT2D eigenvalue weighted by molar-refractivity contribution is 7.90. The van der Waals surface area contributed by atoms with Crippen molar-refractivity contribution in [2.45, 2.75) is 19.3 Å². The molecule has 0 aromatic carbocycles. The van der Waals surface area contributed by atoms with Crippen LogP contribution in [0, 0.1) is 0 Å². The highest BCUT2D eigenvalue weighted by Gasteiger charge is 1.99. The van der Waals surface area contributed by atoms with Crippen LogP contribution in [0.5, 0.6) is 0 Å². The molecule has 0 N–H and O–H groups in total. The largest absolute Gasteiger partial charge is 0.617 e. The molecule has 0 amide bonds. The van der Waals surface area contributed by atoms with Gasteiger partial charge in [0.1, 0.15) is 11.5 Å². The van der Waals surface area contributed by atoms with Gasteiger partial charge >= 0.3 is 0 Å². The summed E-state index contributed by atoms with van der Waals surface area (Å²) in [4.78, 5) is 0. The third kappa shape index (κ3) is 10.6. The molecule has 0 saturated heterocycles. The van der Waals surface area contributed by atoms with Crippen molar-refractivity contribution in [1.82, 2.24) is 0 Å². The normalized spacial score (nSPS) is 16.4. The molecule has 0 aromatic heterocycles. The zero-order valence-electron chi connectivity index (χ0n) is 7.17. The van der Waals surface area contributed by atoms with Crippen LogP contribution < -0.4 is 0 Å². The van der Waals surface area contributed by atoms with E-state index >= 15 is 0 Å². The third-order valence-electron chi connectivity index (χ3n) is 1.36. The molecule has 0 saturated carbocycles. The van der Waals surface area contributed by atoms with Crippen LogP contribution in [0.3, 0.4) is 0 Å². The molecule has 0 aliphatic carbocycles. The van der Waals surface area contributed by atoms with Gasteiger partial charge in [0.2, 0.25) is 0 Å². The van der Waals surface area contributed by atoms with E-state index in [4.69, 9.17) is 0 Å². The monoisotopic (exact) mass is 196 g/mol. The first-order chi connectivity index (χ1) is 5.13. The first-order valence-electron chi connectivity index (χ1n) is 3.73. The summed E-state index contributed by atoms with van der Waals surface area (Å²) in [5, 5.41) is 0. The molecular weight excluding hydrogens is 180 g/mol. The Morgan fingerprint density at radius 1 is 0.818 bits per heavy atom. The Kier molecular flexibility index (Phi) is 7.69. The maximum atomic E-state index is 10.6. The quantitative estimate of drug-likeness (QED) is 0.468. The minimum absolute atomic E-state index is 0.656. The van der Waals surface area contributed by atoms with Crippen molar-refractivity contribution in [3.8, 4) is 0 Å². The molecule has 0 rings (SSSR count). The molecule has 0 heterocycles. The maximum Gasteiger partial charge on any atom is 0.105 e. The summed E-state index contributed by atoms with van der Waals surface area (Å²) < 4.78 is 21.2. The third-order valence-corrected chi connectivity index (χ3v) is 3.09. The van der Waals surface area contributed by atoms with Gasteiger partial charge in [-0.15, -0.1) is 0 Å². The van der Waals surface area contributed by atoms with E-state index in [1.165, 1.54) is 0 Å². The molecule has 11 heavy (non-hydrogen) atoms. The molecule has 2 atom stereocenters. The number of rotatable bonds is 6. The Morgan fingerprint density at radius 2 is 1.18 bits per heavy atom. The van der Waals surface area contributed by atoms with Crippen LogP contribution in [0.2, 0.25) is 0 Å². The van der Waals surface area contributed by atoms with E-state index in [1.54, 1.807) is 12.5 Å². The molecule has 0 aliphatic rings. The topological polar surface area (TPSA) is 46.1 Å². The number of hydrogen-bond acceptors (Lipinski definition) is 2. The van der Waals surface area contributed by atoms with Gasteiger partial charge in [0.25, 0.3) is 0 Å². The van der Waals surface area contributed by atoms with Gasteiger partial charge < -0.3 is 9.11 Å². The molecule has 0 aliphatic heterocycles. The summed E-state index contributed by atoms with van der Waals surface area (Å²) in [5.41, 5.74) is 0. The van der Waals surface area contributed by atoms with E-state index in [0.717, 1.165) is 30.8 Å². The van der Waals surface area contributed by atoms with Gasteiger partial charge in [-0.2, -0.15) is 0 Å². The second-order valence-corrected chi connectivity index (χ2v) is 5.72. The predicted molar refractivity (Wildman–Crippen MR) is 51.7 cm³/mol. The zero-order chi connectivity index (χ0) is 8.69. The molecule has 0 aromatic rings. The number of hydrogen-bond donors (Lipinski definition) is 0. The van der Waals surface area contributed by atoms with E-state index in [-0.39, 0.29) is 0 Å². The van der Waals surface area contributed by atoms with Gasteiger partial charge in [0.15, 0.2) is 0 Å². The molecule has 2 nitrogen and oxygen atoms in total. The summed E-state index contributed by atoms with van der Waals surface area (Å²) >= 11 is -1.31. The molecule has 0 fully saturated rings. The summed E-state index contributed by atoms with van der Waals surface area (Å²) in [7, 11) is 0. The van der Waals surface area contributed by atoms with Crippen LogP contribution in [0.4, 0.5) is 0 Å². The fourth-order valence-corrected chi connectivity index (χ4v) is 2.01. The van der Waals surface area contributed by atoms with Crippen LogP contribution in [0.15, 0.2) is 0 Å². The summed E-state index contributed by atoms with van der Waals surface area (Å²) in [6.45, 7) is 0. The van der Waals surface area contributed by atoms with Crippen molar-refractivity contribution in [2.75, 3.05) is 24.0 Å². The van der Waals surface area contributed by atoms with Crippen molar-refractivity contribution in [2.24, 2.45) is 0 Å². The Balaban J connectivity index is 2.91. The molecule has 0 spiro atoms. The SMILES string of the molecule is C[S+]([O-])CCCCC[S+](C)[O-]. The van der Waals surface area contributed by atoms with Gasteiger partial charge in [-0.25, -0.2) is 0 Å². The summed E-state index contributed by atoms with van der Waals surface area (Å²) in [5.74, 6) is 1.58. The maximum absolute atomic E-state index is 10.6. The number of unbranched alkanes of at least 4 members (excludes halogenated alkanes) is 2. The van der Waals surface area contributed by atoms with E-state index < -0.39 is 22.4 Å². The average Bonchev–Trinajstić information content (AvgIpc) is 1.85. The Morgan fingerprint density at radius 3 is 1.45 bits per heavy atom. The van der Waals surface area contributed by atoms with Crippen LogP contribution in [-0.2, 0) is 22.4 Å². The van der Waals surface area contributed by atoms with E-state index in [0.29, 0.717) is 0 Å². The van der Waals surface area contributed by atoms with E-state index in [9.17, 15) is 9.11 Å². The fourth-order valence-electron chi connectivity index (χ4n) is 0.787. The highest BCUT2D eigenvalue weighted by atomic mass is 32.2. The standard InChI is InChI=1S/C7H16O2S2/c1-10(8)6-4-3-5-7-11(2)9/h3-7H2,1-2H3.